The largest absolute Gasteiger partial charge is 0.491 e. The Balaban J connectivity index is 1.88. The molecule has 0 bridgehead atoms. The van der Waals surface area contributed by atoms with Gasteiger partial charge in [-0.3, -0.25) is 4.79 Å². The van der Waals surface area contributed by atoms with Gasteiger partial charge in [-0.05, 0) is 32.0 Å². The Hall–Kier alpha value is -2.30. The first kappa shape index (κ1) is 14.1. The van der Waals surface area contributed by atoms with E-state index < -0.39 is 0 Å². The minimum atomic E-state index is -0.106. The first-order chi connectivity index (χ1) is 9.65. The van der Waals surface area contributed by atoms with Crippen LogP contribution in [0.4, 0.5) is 0 Å². The third-order valence-corrected chi connectivity index (χ3v) is 2.67. The van der Waals surface area contributed by atoms with E-state index in [2.05, 4.69) is 15.3 Å². The van der Waals surface area contributed by atoms with Gasteiger partial charge in [-0.2, -0.15) is 0 Å². The molecule has 0 aliphatic rings. The lowest BCUT2D eigenvalue weighted by atomic mass is 10.2. The number of rotatable bonds is 6. The van der Waals surface area contributed by atoms with Crippen molar-refractivity contribution in [3.8, 4) is 5.75 Å². The molecule has 0 radical (unpaired) electrons. The fourth-order valence-electron chi connectivity index (χ4n) is 1.81. The molecule has 0 unspecified atom stereocenters. The molecule has 20 heavy (non-hydrogen) atoms. The monoisotopic (exact) mass is 273 g/mol. The third-order valence-electron chi connectivity index (χ3n) is 2.67. The van der Waals surface area contributed by atoms with Gasteiger partial charge in [-0.15, -0.1) is 0 Å². The van der Waals surface area contributed by atoms with Crippen LogP contribution in [0.5, 0.6) is 5.75 Å². The number of nitrogens with one attached hydrogen (secondary N) is 2. The highest BCUT2D eigenvalue weighted by atomic mass is 16.5. The summed E-state index contributed by atoms with van der Waals surface area (Å²) in [6.45, 7) is 4.45. The molecule has 0 saturated carbocycles. The van der Waals surface area contributed by atoms with E-state index in [1.165, 1.54) is 0 Å². The molecule has 0 saturated heterocycles. The number of amides is 1. The van der Waals surface area contributed by atoms with Crippen molar-refractivity contribution in [1.29, 1.82) is 0 Å². The van der Waals surface area contributed by atoms with Gasteiger partial charge in [0.2, 0.25) is 0 Å². The molecule has 1 aromatic heterocycles. The van der Waals surface area contributed by atoms with Crippen molar-refractivity contribution in [2.75, 3.05) is 6.54 Å². The summed E-state index contributed by atoms with van der Waals surface area (Å²) in [4.78, 5) is 19.1. The summed E-state index contributed by atoms with van der Waals surface area (Å²) in [6.07, 6.45) is 4.24. The Bertz CT molecular complexity index is 550. The van der Waals surface area contributed by atoms with Crippen LogP contribution < -0.4 is 10.1 Å². The van der Waals surface area contributed by atoms with Gasteiger partial charge in [-0.25, -0.2) is 4.98 Å². The predicted octanol–water partition coefficient (Wildman–Crippen LogP) is 2.17. The molecule has 0 spiro atoms. The van der Waals surface area contributed by atoms with E-state index in [0.29, 0.717) is 24.3 Å². The average Bonchev–Trinajstić information content (AvgIpc) is 2.91. The van der Waals surface area contributed by atoms with Gasteiger partial charge < -0.3 is 15.0 Å². The summed E-state index contributed by atoms with van der Waals surface area (Å²) < 4.78 is 5.57. The SMILES string of the molecule is CC(C)Oc1cccc(C(=O)NCCc2ncc[nH]2)c1. The molecule has 1 heterocycles. The van der Waals surface area contributed by atoms with Crippen molar-refractivity contribution in [3.63, 3.8) is 0 Å². The number of benzene rings is 1. The summed E-state index contributed by atoms with van der Waals surface area (Å²) >= 11 is 0. The Morgan fingerprint density at radius 1 is 1.45 bits per heavy atom. The molecule has 5 heteroatoms. The van der Waals surface area contributed by atoms with Crippen molar-refractivity contribution in [3.05, 3.63) is 48.0 Å². The average molecular weight is 273 g/mol. The predicted molar refractivity (Wildman–Crippen MR) is 76.8 cm³/mol. The molecular weight excluding hydrogens is 254 g/mol. The maximum absolute atomic E-state index is 12.0. The van der Waals surface area contributed by atoms with Gasteiger partial charge in [0.15, 0.2) is 0 Å². The quantitative estimate of drug-likeness (QED) is 0.847. The first-order valence-corrected chi connectivity index (χ1v) is 6.68. The Kier molecular flexibility index (Phi) is 4.76. The van der Waals surface area contributed by atoms with E-state index in [1.54, 1.807) is 24.5 Å². The molecule has 1 amide bonds. The van der Waals surface area contributed by atoms with Crippen molar-refractivity contribution in [1.82, 2.24) is 15.3 Å². The molecule has 0 aliphatic carbocycles. The van der Waals surface area contributed by atoms with Crippen molar-refractivity contribution >= 4 is 5.91 Å². The second-order valence-electron chi connectivity index (χ2n) is 4.74. The van der Waals surface area contributed by atoms with Crippen LogP contribution in [0.1, 0.15) is 30.0 Å². The normalized spacial score (nSPS) is 10.6. The molecule has 106 valence electrons. The number of imidazole rings is 1. The zero-order chi connectivity index (χ0) is 14.4. The van der Waals surface area contributed by atoms with E-state index >= 15 is 0 Å². The van der Waals surface area contributed by atoms with Gasteiger partial charge in [0.05, 0.1) is 6.10 Å². The summed E-state index contributed by atoms with van der Waals surface area (Å²) in [6, 6.07) is 7.19. The molecular formula is C15H19N3O2. The number of carbonyl (C=O) groups is 1. The number of nitrogens with zero attached hydrogens (tertiary/aromatic N) is 1. The van der Waals surface area contributed by atoms with E-state index in [9.17, 15) is 4.79 Å². The van der Waals surface area contributed by atoms with Crippen molar-refractivity contribution in [2.24, 2.45) is 0 Å². The van der Waals surface area contributed by atoms with Crippen LogP contribution >= 0.6 is 0 Å². The van der Waals surface area contributed by atoms with E-state index in [0.717, 1.165) is 5.82 Å². The van der Waals surface area contributed by atoms with Crippen LogP contribution in [0.3, 0.4) is 0 Å². The molecule has 0 aliphatic heterocycles. The second-order valence-corrected chi connectivity index (χ2v) is 4.74. The number of aromatic amines is 1. The fraction of sp³-hybridized carbons (Fsp3) is 0.333. The maximum Gasteiger partial charge on any atom is 0.251 e. The Labute approximate surface area is 118 Å². The van der Waals surface area contributed by atoms with Crippen LogP contribution in [0.15, 0.2) is 36.7 Å². The molecule has 2 N–H and O–H groups in total. The highest BCUT2D eigenvalue weighted by molar-refractivity contribution is 5.94. The Morgan fingerprint density at radius 3 is 3.00 bits per heavy atom. The second kappa shape index (κ2) is 6.75. The zero-order valence-corrected chi connectivity index (χ0v) is 11.7. The molecule has 2 aromatic rings. The highest BCUT2D eigenvalue weighted by Crippen LogP contribution is 2.14. The van der Waals surface area contributed by atoms with Gasteiger partial charge in [0.1, 0.15) is 11.6 Å². The lowest BCUT2D eigenvalue weighted by Gasteiger charge is -2.11. The number of hydrogen-bond acceptors (Lipinski definition) is 3. The molecule has 5 nitrogen and oxygen atoms in total. The van der Waals surface area contributed by atoms with Crippen molar-refractivity contribution < 1.29 is 9.53 Å². The van der Waals surface area contributed by atoms with Gasteiger partial charge in [0, 0.05) is 30.9 Å². The van der Waals surface area contributed by atoms with Crippen LogP contribution in [0.25, 0.3) is 0 Å². The van der Waals surface area contributed by atoms with E-state index in [4.69, 9.17) is 4.74 Å². The molecule has 0 fully saturated rings. The summed E-state index contributed by atoms with van der Waals surface area (Å²) in [5.41, 5.74) is 0.600. The van der Waals surface area contributed by atoms with E-state index in [1.807, 2.05) is 26.0 Å². The Morgan fingerprint density at radius 2 is 2.30 bits per heavy atom. The minimum absolute atomic E-state index is 0.0901. The van der Waals surface area contributed by atoms with Crippen LogP contribution in [0, 0.1) is 0 Å². The number of H-pyrrole nitrogens is 1. The third kappa shape index (κ3) is 4.12. The minimum Gasteiger partial charge on any atom is -0.491 e. The topological polar surface area (TPSA) is 67.0 Å². The molecule has 1 aromatic carbocycles. The number of carbonyl (C=O) groups excluding carboxylic acids is 1. The van der Waals surface area contributed by atoms with Crippen LogP contribution in [-0.4, -0.2) is 28.5 Å². The van der Waals surface area contributed by atoms with Crippen LogP contribution in [-0.2, 0) is 6.42 Å². The fourth-order valence-corrected chi connectivity index (χ4v) is 1.81. The number of hydrogen-bond donors (Lipinski definition) is 2. The smallest absolute Gasteiger partial charge is 0.251 e. The lowest BCUT2D eigenvalue weighted by molar-refractivity contribution is 0.0953. The lowest BCUT2D eigenvalue weighted by Crippen LogP contribution is -2.26. The molecule has 2 rings (SSSR count). The molecule has 0 atom stereocenters. The standard InChI is InChI=1S/C15H19N3O2/c1-11(2)20-13-5-3-4-12(10-13)15(19)18-7-6-14-16-8-9-17-14/h3-5,8-11H,6-7H2,1-2H3,(H,16,17)(H,18,19). The summed E-state index contributed by atoms with van der Waals surface area (Å²) in [5, 5.41) is 2.86. The zero-order valence-electron chi connectivity index (χ0n) is 11.7. The maximum atomic E-state index is 12.0. The summed E-state index contributed by atoms with van der Waals surface area (Å²) in [5.74, 6) is 1.46. The van der Waals surface area contributed by atoms with E-state index in [-0.39, 0.29) is 12.0 Å². The highest BCUT2D eigenvalue weighted by Gasteiger charge is 2.07. The van der Waals surface area contributed by atoms with Crippen LogP contribution in [0.2, 0.25) is 0 Å². The van der Waals surface area contributed by atoms with Crippen molar-refractivity contribution in [2.45, 2.75) is 26.4 Å². The van der Waals surface area contributed by atoms with Gasteiger partial charge in [0.25, 0.3) is 5.91 Å². The van der Waals surface area contributed by atoms with Gasteiger partial charge in [-0.1, -0.05) is 6.07 Å². The van der Waals surface area contributed by atoms with Gasteiger partial charge >= 0.3 is 0 Å². The number of aromatic nitrogens is 2. The summed E-state index contributed by atoms with van der Waals surface area (Å²) in [7, 11) is 0. The number of ether oxygens (including phenoxy) is 1. The first-order valence-electron chi connectivity index (χ1n) is 6.68.